The van der Waals surface area contributed by atoms with Gasteiger partial charge in [0.15, 0.2) is 11.6 Å². The Morgan fingerprint density at radius 3 is 2.57 bits per heavy atom. The maximum atomic E-state index is 13.2. The van der Waals surface area contributed by atoms with Crippen molar-refractivity contribution in [3.05, 3.63) is 78.1 Å². The lowest BCUT2D eigenvalue weighted by molar-refractivity contribution is 0.475. The number of halogens is 2. The Morgan fingerprint density at radius 1 is 0.913 bits per heavy atom. The van der Waals surface area contributed by atoms with E-state index < -0.39 is 11.6 Å². The summed E-state index contributed by atoms with van der Waals surface area (Å²) in [6.45, 7) is 0.350. The van der Waals surface area contributed by atoms with Crippen LogP contribution in [0.15, 0.2) is 60.9 Å². The van der Waals surface area contributed by atoms with Crippen LogP contribution in [0.4, 0.5) is 14.5 Å². The molecule has 116 valence electrons. The SMILES string of the molecule is Oc1cccc(-c2cncc(NCc3ccc(F)c(F)c3)c2)c1. The van der Waals surface area contributed by atoms with Crippen LogP contribution in [0.2, 0.25) is 0 Å². The predicted molar refractivity (Wildman–Crippen MR) is 85.0 cm³/mol. The molecule has 1 heterocycles. The number of phenols is 1. The second kappa shape index (κ2) is 6.44. The summed E-state index contributed by atoms with van der Waals surface area (Å²) in [7, 11) is 0. The number of nitrogens with zero attached hydrogens (tertiary/aromatic N) is 1. The number of hydrogen-bond acceptors (Lipinski definition) is 3. The third-order valence-electron chi connectivity index (χ3n) is 3.40. The molecule has 0 spiro atoms. The van der Waals surface area contributed by atoms with E-state index >= 15 is 0 Å². The first kappa shape index (κ1) is 15.0. The minimum Gasteiger partial charge on any atom is -0.508 e. The first-order valence-corrected chi connectivity index (χ1v) is 7.04. The van der Waals surface area contributed by atoms with Gasteiger partial charge >= 0.3 is 0 Å². The van der Waals surface area contributed by atoms with Crippen LogP contribution in [0.1, 0.15) is 5.56 Å². The fourth-order valence-corrected chi connectivity index (χ4v) is 2.23. The molecule has 0 aliphatic rings. The third-order valence-corrected chi connectivity index (χ3v) is 3.40. The van der Waals surface area contributed by atoms with Gasteiger partial charge in [-0.05, 0) is 41.5 Å². The molecule has 0 aliphatic heterocycles. The van der Waals surface area contributed by atoms with Crippen LogP contribution in [0.3, 0.4) is 0 Å². The van der Waals surface area contributed by atoms with Gasteiger partial charge < -0.3 is 10.4 Å². The number of pyridine rings is 1. The maximum absolute atomic E-state index is 13.2. The summed E-state index contributed by atoms with van der Waals surface area (Å²) < 4.78 is 26.1. The number of benzene rings is 2. The Hall–Kier alpha value is -2.95. The van der Waals surface area contributed by atoms with Gasteiger partial charge in [0.1, 0.15) is 5.75 Å². The summed E-state index contributed by atoms with van der Waals surface area (Å²) in [4.78, 5) is 4.16. The van der Waals surface area contributed by atoms with E-state index in [4.69, 9.17) is 0 Å². The van der Waals surface area contributed by atoms with Crippen molar-refractivity contribution in [3.63, 3.8) is 0 Å². The summed E-state index contributed by atoms with van der Waals surface area (Å²) in [5, 5.41) is 12.7. The van der Waals surface area contributed by atoms with Gasteiger partial charge in [-0.3, -0.25) is 4.98 Å². The lowest BCUT2D eigenvalue weighted by Gasteiger charge is -2.09. The highest BCUT2D eigenvalue weighted by Gasteiger charge is 2.04. The Morgan fingerprint density at radius 2 is 1.78 bits per heavy atom. The molecular formula is C18H14F2N2O. The van der Waals surface area contributed by atoms with Crippen molar-refractivity contribution >= 4 is 5.69 Å². The molecule has 0 unspecified atom stereocenters. The molecule has 0 saturated heterocycles. The fraction of sp³-hybridized carbons (Fsp3) is 0.0556. The second-order valence-corrected chi connectivity index (χ2v) is 5.11. The minimum absolute atomic E-state index is 0.183. The van der Waals surface area contributed by atoms with E-state index in [9.17, 15) is 13.9 Å². The fourth-order valence-electron chi connectivity index (χ4n) is 2.23. The topological polar surface area (TPSA) is 45.2 Å². The molecular weight excluding hydrogens is 298 g/mol. The zero-order chi connectivity index (χ0) is 16.2. The van der Waals surface area contributed by atoms with E-state index in [1.807, 2.05) is 12.1 Å². The van der Waals surface area contributed by atoms with Gasteiger partial charge in [-0.1, -0.05) is 18.2 Å². The van der Waals surface area contributed by atoms with Crippen molar-refractivity contribution in [2.45, 2.75) is 6.54 Å². The molecule has 0 amide bonds. The summed E-state index contributed by atoms with van der Waals surface area (Å²) >= 11 is 0. The third kappa shape index (κ3) is 3.63. The molecule has 0 bridgehead atoms. The van der Waals surface area contributed by atoms with Crippen LogP contribution in [-0.2, 0) is 6.54 Å². The molecule has 0 radical (unpaired) electrons. The van der Waals surface area contributed by atoms with Crippen molar-refractivity contribution in [2.75, 3.05) is 5.32 Å². The highest BCUT2D eigenvalue weighted by atomic mass is 19.2. The highest BCUT2D eigenvalue weighted by Crippen LogP contribution is 2.24. The van der Waals surface area contributed by atoms with Gasteiger partial charge in [-0.25, -0.2) is 8.78 Å². The number of rotatable bonds is 4. The van der Waals surface area contributed by atoms with Gasteiger partial charge in [0.2, 0.25) is 0 Å². The number of hydrogen-bond donors (Lipinski definition) is 2. The van der Waals surface area contributed by atoms with Crippen molar-refractivity contribution in [1.82, 2.24) is 4.98 Å². The number of aromatic hydroxyl groups is 1. The van der Waals surface area contributed by atoms with Crippen LogP contribution in [0.5, 0.6) is 5.75 Å². The van der Waals surface area contributed by atoms with E-state index in [1.165, 1.54) is 6.07 Å². The summed E-state index contributed by atoms with van der Waals surface area (Å²) in [5.74, 6) is -1.54. The zero-order valence-corrected chi connectivity index (χ0v) is 12.1. The average Bonchev–Trinajstić information content (AvgIpc) is 2.56. The van der Waals surface area contributed by atoms with Gasteiger partial charge in [0, 0.05) is 24.5 Å². The molecule has 5 heteroatoms. The van der Waals surface area contributed by atoms with E-state index in [-0.39, 0.29) is 5.75 Å². The van der Waals surface area contributed by atoms with Crippen molar-refractivity contribution in [2.24, 2.45) is 0 Å². The molecule has 3 nitrogen and oxygen atoms in total. The van der Waals surface area contributed by atoms with Crippen LogP contribution in [0.25, 0.3) is 11.1 Å². The molecule has 23 heavy (non-hydrogen) atoms. The van der Waals surface area contributed by atoms with Gasteiger partial charge in [-0.15, -0.1) is 0 Å². The van der Waals surface area contributed by atoms with Crippen LogP contribution >= 0.6 is 0 Å². The molecule has 0 atom stereocenters. The highest BCUT2D eigenvalue weighted by molar-refractivity contribution is 5.67. The molecule has 0 aliphatic carbocycles. The summed E-state index contributed by atoms with van der Waals surface area (Å²) in [6, 6.07) is 12.5. The number of nitrogens with one attached hydrogen (secondary N) is 1. The van der Waals surface area contributed by atoms with Crippen molar-refractivity contribution in [3.8, 4) is 16.9 Å². The van der Waals surface area contributed by atoms with Crippen LogP contribution in [-0.4, -0.2) is 10.1 Å². The molecule has 0 saturated carbocycles. The molecule has 2 aromatic carbocycles. The number of aromatic nitrogens is 1. The Labute approximate surface area is 132 Å². The normalized spacial score (nSPS) is 10.5. The largest absolute Gasteiger partial charge is 0.508 e. The number of anilines is 1. The lowest BCUT2D eigenvalue weighted by atomic mass is 10.1. The smallest absolute Gasteiger partial charge is 0.159 e. The molecule has 3 aromatic rings. The number of phenolic OH excluding ortho intramolecular Hbond substituents is 1. The van der Waals surface area contributed by atoms with E-state index in [1.54, 1.807) is 30.6 Å². The molecule has 0 fully saturated rings. The molecule has 1 aromatic heterocycles. The van der Waals surface area contributed by atoms with Crippen molar-refractivity contribution < 1.29 is 13.9 Å². The van der Waals surface area contributed by atoms with E-state index in [0.717, 1.165) is 28.9 Å². The van der Waals surface area contributed by atoms with E-state index in [2.05, 4.69) is 10.3 Å². The molecule has 3 rings (SSSR count). The van der Waals surface area contributed by atoms with E-state index in [0.29, 0.717) is 12.1 Å². The Balaban J connectivity index is 1.76. The first-order chi connectivity index (χ1) is 11.1. The quantitative estimate of drug-likeness (QED) is 0.753. The Bertz CT molecular complexity index is 837. The van der Waals surface area contributed by atoms with Crippen LogP contribution < -0.4 is 5.32 Å². The van der Waals surface area contributed by atoms with Gasteiger partial charge in [0.25, 0.3) is 0 Å². The summed E-state index contributed by atoms with van der Waals surface area (Å²) in [6.07, 6.45) is 3.34. The van der Waals surface area contributed by atoms with Crippen LogP contribution in [0, 0.1) is 11.6 Å². The lowest BCUT2D eigenvalue weighted by Crippen LogP contribution is -2.01. The van der Waals surface area contributed by atoms with Crippen molar-refractivity contribution in [1.29, 1.82) is 0 Å². The standard InChI is InChI=1S/C18H14F2N2O/c19-17-5-4-12(6-18(17)20)9-22-15-7-14(10-21-11-15)13-2-1-3-16(23)8-13/h1-8,10-11,22-23H,9H2. The first-order valence-electron chi connectivity index (χ1n) is 7.04. The van der Waals surface area contributed by atoms with Gasteiger partial charge in [0.05, 0.1) is 5.69 Å². The summed E-state index contributed by atoms with van der Waals surface area (Å²) in [5.41, 5.74) is 3.06. The Kier molecular flexibility index (Phi) is 4.19. The maximum Gasteiger partial charge on any atom is 0.159 e. The second-order valence-electron chi connectivity index (χ2n) is 5.11. The minimum atomic E-state index is -0.865. The monoisotopic (exact) mass is 312 g/mol. The average molecular weight is 312 g/mol. The van der Waals surface area contributed by atoms with Gasteiger partial charge in [-0.2, -0.15) is 0 Å². The zero-order valence-electron chi connectivity index (χ0n) is 12.1. The predicted octanol–water partition coefficient (Wildman–Crippen LogP) is 4.34. The molecule has 2 N–H and O–H groups in total.